The molecule has 0 radical (unpaired) electrons. The van der Waals surface area contributed by atoms with Crippen molar-refractivity contribution in [3.05, 3.63) is 0 Å². The summed E-state index contributed by atoms with van der Waals surface area (Å²) in [4.78, 5) is 0. The van der Waals surface area contributed by atoms with Crippen molar-refractivity contribution in [1.29, 1.82) is 0 Å². The Bertz CT molecular complexity index is 243. The second-order valence-corrected chi connectivity index (χ2v) is 6.47. The first-order valence-corrected chi connectivity index (χ1v) is 6.50. The third kappa shape index (κ3) is 2.47. The molecule has 1 fully saturated rings. The lowest BCUT2D eigenvalue weighted by atomic mass is 9.81. The minimum Gasteiger partial charge on any atom is -0.229 e. The van der Waals surface area contributed by atoms with Crippen LogP contribution in [0.4, 0.5) is 0 Å². The van der Waals surface area contributed by atoms with Crippen molar-refractivity contribution in [1.82, 2.24) is 0 Å². The van der Waals surface area contributed by atoms with Gasteiger partial charge >= 0.3 is 0 Å². The quantitative estimate of drug-likeness (QED) is 0.634. The molecule has 0 N–H and O–H groups in total. The van der Waals surface area contributed by atoms with E-state index in [1.165, 1.54) is 0 Å². The molecule has 1 heterocycles. The van der Waals surface area contributed by atoms with Crippen LogP contribution >= 0.6 is 0 Å². The molecule has 1 unspecified atom stereocenters. The molecule has 2 nitrogen and oxygen atoms in total. The summed E-state index contributed by atoms with van der Waals surface area (Å²) >= 11 is 0. The number of sulfone groups is 1. The van der Waals surface area contributed by atoms with E-state index in [-0.39, 0.29) is 5.41 Å². The summed E-state index contributed by atoms with van der Waals surface area (Å²) in [7, 11) is -2.70. The fourth-order valence-corrected chi connectivity index (χ4v) is 3.29. The lowest BCUT2D eigenvalue weighted by Gasteiger charge is -2.25. The van der Waals surface area contributed by atoms with Gasteiger partial charge in [0.05, 0.1) is 11.5 Å². The zero-order valence-corrected chi connectivity index (χ0v) is 8.78. The first kappa shape index (κ1) is 10.0. The van der Waals surface area contributed by atoms with E-state index in [9.17, 15) is 8.42 Å². The standard InChI is InChI=1S/C9H18O2S/c1-3-9(2)5-4-7-12(10,11)8-6-9/h3-8H2,1-2H3. The third-order valence-corrected chi connectivity index (χ3v) is 4.84. The molecular weight excluding hydrogens is 172 g/mol. The largest absolute Gasteiger partial charge is 0.229 e. The molecule has 3 heteroatoms. The average molecular weight is 190 g/mol. The Morgan fingerprint density at radius 1 is 1.25 bits per heavy atom. The van der Waals surface area contributed by atoms with Crippen LogP contribution in [-0.4, -0.2) is 19.9 Å². The van der Waals surface area contributed by atoms with Crippen molar-refractivity contribution < 1.29 is 8.42 Å². The minimum atomic E-state index is -2.70. The van der Waals surface area contributed by atoms with Crippen molar-refractivity contribution in [3.63, 3.8) is 0 Å². The maximum atomic E-state index is 11.3. The van der Waals surface area contributed by atoms with Gasteiger partial charge in [-0.3, -0.25) is 0 Å². The molecule has 0 aromatic carbocycles. The Morgan fingerprint density at radius 3 is 2.50 bits per heavy atom. The van der Waals surface area contributed by atoms with Gasteiger partial charge in [-0.1, -0.05) is 20.3 Å². The average Bonchev–Trinajstić information content (AvgIpc) is 2.13. The molecule has 0 spiro atoms. The Balaban J connectivity index is 2.68. The zero-order chi connectivity index (χ0) is 9.24. The Labute approximate surface area is 75.3 Å². The molecule has 0 aromatic rings. The first-order valence-electron chi connectivity index (χ1n) is 4.68. The highest BCUT2D eigenvalue weighted by atomic mass is 32.2. The smallest absolute Gasteiger partial charge is 0.150 e. The molecule has 1 aliphatic heterocycles. The maximum absolute atomic E-state index is 11.3. The number of hydrogen-bond acceptors (Lipinski definition) is 2. The van der Waals surface area contributed by atoms with E-state index >= 15 is 0 Å². The third-order valence-electron chi connectivity index (χ3n) is 3.11. The predicted molar refractivity (Wildman–Crippen MR) is 50.9 cm³/mol. The lowest BCUT2D eigenvalue weighted by molar-refractivity contribution is 0.277. The van der Waals surface area contributed by atoms with E-state index in [2.05, 4.69) is 13.8 Å². The normalized spacial score (nSPS) is 35.8. The van der Waals surface area contributed by atoms with Crippen molar-refractivity contribution >= 4 is 9.84 Å². The van der Waals surface area contributed by atoms with Gasteiger partial charge in [-0.15, -0.1) is 0 Å². The summed E-state index contributed by atoms with van der Waals surface area (Å²) in [5.74, 6) is 0.805. The molecule has 12 heavy (non-hydrogen) atoms. The van der Waals surface area contributed by atoms with Crippen LogP contribution < -0.4 is 0 Å². The zero-order valence-electron chi connectivity index (χ0n) is 7.97. The van der Waals surface area contributed by atoms with E-state index in [0.717, 1.165) is 25.7 Å². The molecule has 0 amide bonds. The lowest BCUT2D eigenvalue weighted by Crippen LogP contribution is -2.16. The SMILES string of the molecule is CCC1(C)CCCS(=O)(=O)CC1. The van der Waals surface area contributed by atoms with Gasteiger partial charge in [0, 0.05) is 0 Å². The van der Waals surface area contributed by atoms with Crippen LogP contribution in [0.3, 0.4) is 0 Å². The summed E-state index contributed by atoms with van der Waals surface area (Å²) < 4.78 is 22.5. The van der Waals surface area contributed by atoms with E-state index in [4.69, 9.17) is 0 Å². The summed E-state index contributed by atoms with van der Waals surface area (Å²) in [6, 6.07) is 0. The van der Waals surface area contributed by atoms with Crippen molar-refractivity contribution in [2.45, 2.75) is 39.5 Å². The Morgan fingerprint density at radius 2 is 1.92 bits per heavy atom. The van der Waals surface area contributed by atoms with Crippen LogP contribution in [-0.2, 0) is 9.84 Å². The molecule has 1 atom stereocenters. The molecule has 0 saturated carbocycles. The fourth-order valence-electron chi connectivity index (χ4n) is 1.70. The molecule has 0 bridgehead atoms. The van der Waals surface area contributed by atoms with Gasteiger partial charge in [0.1, 0.15) is 9.84 Å². The van der Waals surface area contributed by atoms with E-state index in [0.29, 0.717) is 11.5 Å². The summed E-state index contributed by atoms with van der Waals surface area (Å²) in [5.41, 5.74) is 0.281. The molecule has 72 valence electrons. The van der Waals surface area contributed by atoms with Gasteiger partial charge in [0.25, 0.3) is 0 Å². The maximum Gasteiger partial charge on any atom is 0.150 e. The minimum absolute atomic E-state index is 0.281. The van der Waals surface area contributed by atoms with Gasteiger partial charge in [0.2, 0.25) is 0 Å². The Kier molecular flexibility index (Phi) is 2.81. The first-order chi connectivity index (χ1) is 5.47. The summed E-state index contributed by atoms with van der Waals surface area (Å²) in [6.45, 7) is 4.35. The van der Waals surface area contributed by atoms with E-state index in [1.807, 2.05) is 0 Å². The van der Waals surface area contributed by atoms with Crippen molar-refractivity contribution in [2.24, 2.45) is 5.41 Å². The number of hydrogen-bond donors (Lipinski definition) is 0. The monoisotopic (exact) mass is 190 g/mol. The second-order valence-electron chi connectivity index (χ2n) is 4.17. The van der Waals surface area contributed by atoms with Crippen LogP contribution in [0.15, 0.2) is 0 Å². The topological polar surface area (TPSA) is 34.1 Å². The van der Waals surface area contributed by atoms with Crippen LogP contribution in [0.25, 0.3) is 0 Å². The van der Waals surface area contributed by atoms with Crippen molar-refractivity contribution in [3.8, 4) is 0 Å². The summed E-state index contributed by atoms with van der Waals surface area (Å²) in [6.07, 6.45) is 3.88. The highest BCUT2D eigenvalue weighted by molar-refractivity contribution is 7.91. The highest BCUT2D eigenvalue weighted by Gasteiger charge is 2.28. The second kappa shape index (κ2) is 3.36. The van der Waals surface area contributed by atoms with E-state index in [1.54, 1.807) is 0 Å². The van der Waals surface area contributed by atoms with Crippen molar-refractivity contribution in [2.75, 3.05) is 11.5 Å². The molecule has 0 aliphatic carbocycles. The highest BCUT2D eigenvalue weighted by Crippen LogP contribution is 2.34. The molecule has 0 aromatic heterocycles. The number of rotatable bonds is 1. The van der Waals surface area contributed by atoms with Crippen LogP contribution in [0.1, 0.15) is 39.5 Å². The van der Waals surface area contributed by atoms with Crippen LogP contribution in [0, 0.1) is 5.41 Å². The van der Waals surface area contributed by atoms with Crippen LogP contribution in [0.5, 0.6) is 0 Å². The Hall–Kier alpha value is -0.0500. The molecular formula is C9H18O2S. The van der Waals surface area contributed by atoms with Crippen LogP contribution in [0.2, 0.25) is 0 Å². The molecule has 1 saturated heterocycles. The fraction of sp³-hybridized carbons (Fsp3) is 1.00. The predicted octanol–water partition coefficient (Wildman–Crippen LogP) is 2.00. The molecule has 1 aliphatic rings. The van der Waals surface area contributed by atoms with Gasteiger partial charge in [-0.2, -0.15) is 0 Å². The van der Waals surface area contributed by atoms with Gasteiger partial charge in [-0.05, 0) is 24.7 Å². The van der Waals surface area contributed by atoms with Gasteiger partial charge in [0.15, 0.2) is 0 Å². The molecule has 1 rings (SSSR count). The van der Waals surface area contributed by atoms with Gasteiger partial charge in [-0.25, -0.2) is 8.42 Å². The van der Waals surface area contributed by atoms with Gasteiger partial charge < -0.3 is 0 Å². The van der Waals surface area contributed by atoms with E-state index < -0.39 is 9.84 Å². The summed E-state index contributed by atoms with van der Waals surface area (Å²) in [5, 5.41) is 0.